The molecule has 0 fully saturated rings. The predicted molar refractivity (Wildman–Crippen MR) is 107 cm³/mol. The number of ether oxygens (including phenoxy) is 1. The number of benzene rings is 2. The molecule has 2 aromatic carbocycles. The molecule has 28 heavy (non-hydrogen) atoms. The maximum Gasteiger partial charge on any atom is 0.316 e. The smallest absolute Gasteiger partial charge is 0.316 e. The van der Waals surface area contributed by atoms with Gasteiger partial charge in [-0.05, 0) is 33.3 Å². The van der Waals surface area contributed by atoms with Crippen molar-refractivity contribution < 1.29 is 24.1 Å². The van der Waals surface area contributed by atoms with Gasteiger partial charge in [0.15, 0.2) is 5.78 Å². The third-order valence-electron chi connectivity index (χ3n) is 3.98. The van der Waals surface area contributed by atoms with Crippen molar-refractivity contribution in [3.63, 3.8) is 0 Å². The molecule has 0 bridgehead atoms. The lowest BCUT2D eigenvalue weighted by molar-refractivity contribution is -0.377. The van der Waals surface area contributed by atoms with Crippen molar-refractivity contribution >= 4 is 11.8 Å². The van der Waals surface area contributed by atoms with Crippen molar-refractivity contribution in [3.8, 4) is 0 Å². The molecule has 0 saturated heterocycles. The minimum Gasteiger partial charge on any atom is -0.465 e. The van der Waals surface area contributed by atoms with E-state index in [4.69, 9.17) is 14.5 Å². The van der Waals surface area contributed by atoms with E-state index in [-0.39, 0.29) is 18.8 Å². The number of esters is 1. The number of rotatable bonds is 9. The minimum absolute atomic E-state index is 0.118. The molecule has 2 rings (SSSR count). The zero-order valence-corrected chi connectivity index (χ0v) is 16.9. The third-order valence-corrected chi connectivity index (χ3v) is 3.98. The van der Waals surface area contributed by atoms with Gasteiger partial charge < -0.3 is 4.74 Å². The molecule has 5 nitrogen and oxygen atoms in total. The van der Waals surface area contributed by atoms with E-state index in [9.17, 15) is 9.59 Å². The number of ketones is 1. The molecule has 0 amide bonds. The SMILES string of the molecule is CCOC(=O)[C@H](CC(OOC(C)(C)C)c1ccccc1)C(=O)c1ccccc1. The molecule has 150 valence electrons. The van der Waals surface area contributed by atoms with Crippen molar-refractivity contribution in [1.29, 1.82) is 0 Å². The van der Waals surface area contributed by atoms with Crippen LogP contribution >= 0.6 is 0 Å². The highest BCUT2D eigenvalue weighted by atomic mass is 17.2. The van der Waals surface area contributed by atoms with Crippen LogP contribution in [0, 0.1) is 5.92 Å². The van der Waals surface area contributed by atoms with Crippen LogP contribution in [0.25, 0.3) is 0 Å². The number of Topliss-reactive ketones (excluding diaryl/α,β-unsaturated/α-hetero) is 1. The Morgan fingerprint density at radius 3 is 2.04 bits per heavy atom. The summed E-state index contributed by atoms with van der Waals surface area (Å²) in [4.78, 5) is 36.8. The number of hydrogen-bond donors (Lipinski definition) is 0. The van der Waals surface area contributed by atoms with Crippen LogP contribution in [0.5, 0.6) is 0 Å². The fourth-order valence-electron chi connectivity index (χ4n) is 2.67. The maximum absolute atomic E-state index is 13.0. The van der Waals surface area contributed by atoms with E-state index in [0.29, 0.717) is 5.56 Å². The van der Waals surface area contributed by atoms with Crippen molar-refractivity contribution in [3.05, 3.63) is 71.8 Å². The average molecular weight is 384 g/mol. The summed E-state index contributed by atoms with van der Waals surface area (Å²) in [5, 5.41) is 0. The Bertz CT molecular complexity index is 750. The van der Waals surface area contributed by atoms with Crippen LogP contribution < -0.4 is 0 Å². The summed E-state index contributed by atoms with van der Waals surface area (Å²) in [6, 6.07) is 18.1. The van der Waals surface area contributed by atoms with Gasteiger partial charge in [-0.15, -0.1) is 0 Å². The standard InChI is InChI=1S/C23H28O5/c1-5-26-22(25)19(21(24)18-14-10-7-11-15-18)16-20(27-28-23(2,3)4)17-12-8-6-9-13-17/h6-15,19-20H,5,16H2,1-4H3/t19-,20?/m1/s1. The van der Waals surface area contributed by atoms with Crippen LogP contribution in [-0.4, -0.2) is 24.0 Å². The lowest BCUT2D eigenvalue weighted by Crippen LogP contribution is -2.30. The molecule has 5 heteroatoms. The van der Waals surface area contributed by atoms with E-state index >= 15 is 0 Å². The summed E-state index contributed by atoms with van der Waals surface area (Å²) in [6.07, 6.45) is -0.477. The average Bonchev–Trinajstić information content (AvgIpc) is 2.68. The number of carbonyl (C=O) groups excluding carboxylic acids is 2. The molecule has 2 atom stereocenters. The van der Waals surface area contributed by atoms with E-state index in [1.165, 1.54) is 0 Å². The highest BCUT2D eigenvalue weighted by Crippen LogP contribution is 2.30. The van der Waals surface area contributed by atoms with Gasteiger partial charge in [0.1, 0.15) is 12.0 Å². The molecule has 0 aliphatic carbocycles. The van der Waals surface area contributed by atoms with Crippen LogP contribution in [-0.2, 0) is 19.3 Å². The molecule has 0 N–H and O–H groups in total. The molecule has 0 radical (unpaired) electrons. The summed E-state index contributed by atoms with van der Waals surface area (Å²) >= 11 is 0. The monoisotopic (exact) mass is 384 g/mol. The minimum atomic E-state index is -0.990. The van der Waals surface area contributed by atoms with Gasteiger partial charge in [-0.25, -0.2) is 9.78 Å². The number of carbonyl (C=O) groups is 2. The topological polar surface area (TPSA) is 61.8 Å². The molecule has 0 aliphatic heterocycles. The molecule has 0 aliphatic rings. The second-order valence-corrected chi connectivity index (χ2v) is 7.46. The van der Waals surface area contributed by atoms with E-state index in [1.807, 2.05) is 57.2 Å². The van der Waals surface area contributed by atoms with Crippen molar-refractivity contribution in [2.75, 3.05) is 6.61 Å². The van der Waals surface area contributed by atoms with Crippen LogP contribution in [0.1, 0.15) is 56.1 Å². The highest BCUT2D eigenvalue weighted by Gasteiger charge is 2.33. The van der Waals surface area contributed by atoms with Crippen molar-refractivity contribution in [1.82, 2.24) is 0 Å². The lowest BCUT2D eigenvalue weighted by atomic mass is 9.90. The van der Waals surface area contributed by atoms with Gasteiger partial charge in [-0.1, -0.05) is 60.7 Å². The van der Waals surface area contributed by atoms with E-state index < -0.39 is 23.6 Å². The quantitative estimate of drug-likeness (QED) is 0.202. The highest BCUT2D eigenvalue weighted by molar-refractivity contribution is 6.08. The molecule has 0 saturated carbocycles. The molecule has 0 aromatic heterocycles. The molecule has 2 aromatic rings. The molecular weight excluding hydrogens is 356 g/mol. The van der Waals surface area contributed by atoms with Gasteiger partial charge in [0.25, 0.3) is 0 Å². The van der Waals surface area contributed by atoms with E-state index in [0.717, 1.165) is 5.56 Å². The maximum atomic E-state index is 13.0. The second-order valence-electron chi connectivity index (χ2n) is 7.46. The molecule has 0 spiro atoms. The summed E-state index contributed by atoms with van der Waals surface area (Å²) in [7, 11) is 0. The fourth-order valence-corrected chi connectivity index (χ4v) is 2.67. The first kappa shape index (κ1) is 21.8. The molecule has 0 heterocycles. The normalized spacial score (nSPS) is 13.6. The van der Waals surface area contributed by atoms with Crippen LogP contribution in [0.15, 0.2) is 60.7 Å². The van der Waals surface area contributed by atoms with Gasteiger partial charge in [-0.3, -0.25) is 9.59 Å². The summed E-state index contributed by atoms with van der Waals surface area (Å²) in [5.41, 5.74) is 0.751. The lowest BCUT2D eigenvalue weighted by Gasteiger charge is -2.25. The van der Waals surface area contributed by atoms with E-state index in [1.54, 1.807) is 31.2 Å². The van der Waals surface area contributed by atoms with Crippen LogP contribution in [0.3, 0.4) is 0 Å². The van der Waals surface area contributed by atoms with Gasteiger partial charge >= 0.3 is 5.97 Å². The Morgan fingerprint density at radius 2 is 1.50 bits per heavy atom. The first-order valence-electron chi connectivity index (χ1n) is 9.47. The number of hydrogen-bond acceptors (Lipinski definition) is 5. The van der Waals surface area contributed by atoms with E-state index in [2.05, 4.69) is 0 Å². The summed E-state index contributed by atoms with van der Waals surface area (Å²) in [5.74, 6) is -1.84. The largest absolute Gasteiger partial charge is 0.465 e. The Balaban J connectivity index is 2.30. The fraction of sp³-hybridized carbons (Fsp3) is 0.391. The zero-order chi connectivity index (χ0) is 20.6. The Kier molecular flexibility index (Phi) is 7.91. The predicted octanol–water partition coefficient (Wildman–Crippen LogP) is 4.93. The summed E-state index contributed by atoms with van der Waals surface area (Å²) < 4.78 is 5.17. The van der Waals surface area contributed by atoms with Gasteiger partial charge in [0.05, 0.1) is 12.2 Å². The second kappa shape index (κ2) is 10.2. The first-order chi connectivity index (χ1) is 13.3. The van der Waals surface area contributed by atoms with Gasteiger partial charge in [-0.2, -0.15) is 0 Å². The van der Waals surface area contributed by atoms with Gasteiger partial charge in [0.2, 0.25) is 0 Å². The zero-order valence-electron chi connectivity index (χ0n) is 16.9. The van der Waals surface area contributed by atoms with Gasteiger partial charge in [0, 0.05) is 12.0 Å². The van der Waals surface area contributed by atoms with Crippen molar-refractivity contribution in [2.24, 2.45) is 5.92 Å². The Labute approximate surface area is 166 Å². The summed E-state index contributed by atoms with van der Waals surface area (Å²) in [6.45, 7) is 7.52. The Morgan fingerprint density at radius 1 is 0.929 bits per heavy atom. The van der Waals surface area contributed by atoms with Crippen LogP contribution in [0.2, 0.25) is 0 Å². The van der Waals surface area contributed by atoms with Crippen molar-refractivity contribution in [2.45, 2.75) is 45.8 Å². The molecular formula is C23H28O5. The third kappa shape index (κ3) is 6.59. The molecule has 1 unspecified atom stereocenters. The Hall–Kier alpha value is -2.50. The first-order valence-corrected chi connectivity index (χ1v) is 9.47. The van der Waals surface area contributed by atoms with Crippen LogP contribution in [0.4, 0.5) is 0 Å².